The Kier molecular flexibility index (Phi) is 3.87. The molecule has 104 valence electrons. The van der Waals surface area contributed by atoms with Crippen LogP contribution in [0.25, 0.3) is 10.9 Å². The van der Waals surface area contributed by atoms with Crippen LogP contribution in [-0.4, -0.2) is 11.1 Å². The number of pyridine rings is 1. The molecule has 0 saturated heterocycles. The summed E-state index contributed by atoms with van der Waals surface area (Å²) in [6.45, 7) is 1.06. The number of nitrogens with two attached hydrogens (primary N) is 1. The lowest BCUT2D eigenvalue weighted by atomic mass is 10.2. The highest BCUT2D eigenvalue weighted by Gasteiger charge is 2.06. The third-order valence-electron chi connectivity index (χ3n) is 3.27. The lowest BCUT2D eigenvalue weighted by molar-refractivity contribution is 0.838. The summed E-state index contributed by atoms with van der Waals surface area (Å²) in [5.41, 5.74) is 7.43. The zero-order valence-electron chi connectivity index (χ0n) is 11.4. The zero-order chi connectivity index (χ0) is 14.7. The second kappa shape index (κ2) is 5.96. The number of thiophene rings is 1. The van der Waals surface area contributed by atoms with E-state index >= 15 is 0 Å². The summed E-state index contributed by atoms with van der Waals surface area (Å²) in [7, 11) is 0. The average Bonchev–Trinajstić information content (AvgIpc) is 2.95. The van der Waals surface area contributed by atoms with Gasteiger partial charge in [-0.05, 0) is 23.6 Å². The Morgan fingerprint density at radius 1 is 1.19 bits per heavy atom. The monoisotopic (exact) mass is 294 g/mol. The Morgan fingerprint density at radius 3 is 2.90 bits per heavy atom. The lowest BCUT2D eigenvalue weighted by Gasteiger charge is -2.09. The van der Waals surface area contributed by atoms with E-state index in [0.717, 1.165) is 16.5 Å². The fourth-order valence-electron chi connectivity index (χ4n) is 2.27. The van der Waals surface area contributed by atoms with Gasteiger partial charge in [-0.25, -0.2) is 0 Å². The second-order valence-corrected chi connectivity index (χ2v) is 5.59. The lowest BCUT2D eigenvalue weighted by Crippen LogP contribution is -2.08. The Labute approximate surface area is 126 Å². The summed E-state index contributed by atoms with van der Waals surface area (Å²) < 4.78 is 2.08. The standard InChI is InChI=1S/C17H14N2OS/c18-9-3-4-13-8-11-21-17(13)12-19-10-7-16(20)14-5-1-2-6-15(14)19/h1-2,5-8,10-11H,9,12,18H2. The van der Waals surface area contributed by atoms with Gasteiger partial charge in [0.25, 0.3) is 0 Å². The highest BCUT2D eigenvalue weighted by atomic mass is 32.1. The largest absolute Gasteiger partial charge is 0.342 e. The smallest absolute Gasteiger partial charge is 0.189 e. The van der Waals surface area contributed by atoms with Crippen LogP contribution >= 0.6 is 11.3 Å². The number of rotatable bonds is 2. The molecular formula is C17H14N2OS. The minimum atomic E-state index is 0.0520. The molecule has 21 heavy (non-hydrogen) atoms. The summed E-state index contributed by atoms with van der Waals surface area (Å²) in [4.78, 5) is 13.1. The van der Waals surface area contributed by atoms with Gasteiger partial charge in [-0.3, -0.25) is 4.79 Å². The van der Waals surface area contributed by atoms with E-state index in [2.05, 4.69) is 16.4 Å². The maximum atomic E-state index is 11.9. The second-order valence-electron chi connectivity index (χ2n) is 4.59. The molecule has 0 spiro atoms. The van der Waals surface area contributed by atoms with Gasteiger partial charge in [-0.2, -0.15) is 0 Å². The number of hydrogen-bond donors (Lipinski definition) is 1. The van der Waals surface area contributed by atoms with Crippen molar-refractivity contribution in [3.05, 3.63) is 68.6 Å². The van der Waals surface area contributed by atoms with Crippen LogP contribution in [-0.2, 0) is 6.54 Å². The Bertz CT molecular complexity index is 896. The zero-order valence-corrected chi connectivity index (χ0v) is 12.2. The minimum absolute atomic E-state index is 0.0520. The molecule has 2 heterocycles. The molecule has 0 unspecified atom stereocenters. The van der Waals surface area contributed by atoms with Crippen molar-refractivity contribution < 1.29 is 0 Å². The maximum Gasteiger partial charge on any atom is 0.189 e. The predicted molar refractivity (Wildman–Crippen MR) is 87.6 cm³/mol. The van der Waals surface area contributed by atoms with Crippen LogP contribution in [0, 0.1) is 11.8 Å². The molecule has 3 aromatic rings. The maximum absolute atomic E-state index is 11.9. The fraction of sp³-hybridized carbons (Fsp3) is 0.118. The van der Waals surface area contributed by atoms with E-state index < -0.39 is 0 Å². The van der Waals surface area contributed by atoms with E-state index in [1.54, 1.807) is 17.4 Å². The molecule has 3 nitrogen and oxygen atoms in total. The molecule has 0 aliphatic heterocycles. The van der Waals surface area contributed by atoms with E-state index in [1.807, 2.05) is 41.9 Å². The van der Waals surface area contributed by atoms with Gasteiger partial charge < -0.3 is 10.3 Å². The summed E-state index contributed by atoms with van der Waals surface area (Å²) in [5.74, 6) is 5.98. The number of benzene rings is 1. The van der Waals surface area contributed by atoms with Crippen molar-refractivity contribution in [2.75, 3.05) is 6.54 Å². The number of nitrogens with zero attached hydrogens (tertiary/aromatic N) is 1. The molecule has 0 fully saturated rings. The molecule has 0 amide bonds. The minimum Gasteiger partial charge on any atom is -0.342 e. The summed E-state index contributed by atoms with van der Waals surface area (Å²) in [6.07, 6.45) is 1.84. The topological polar surface area (TPSA) is 48.0 Å². The first kappa shape index (κ1) is 13.6. The van der Waals surface area contributed by atoms with Gasteiger partial charge in [0.15, 0.2) is 5.43 Å². The van der Waals surface area contributed by atoms with Crippen LogP contribution in [0.1, 0.15) is 10.4 Å². The SMILES string of the molecule is NCC#Cc1ccsc1Cn1ccc(=O)c2ccccc21. The molecule has 2 aromatic heterocycles. The summed E-state index contributed by atoms with van der Waals surface area (Å²) >= 11 is 1.67. The van der Waals surface area contributed by atoms with E-state index in [4.69, 9.17) is 5.73 Å². The summed E-state index contributed by atoms with van der Waals surface area (Å²) in [6, 6.07) is 11.3. The molecule has 2 N–H and O–H groups in total. The van der Waals surface area contributed by atoms with Gasteiger partial charge in [-0.1, -0.05) is 24.0 Å². The van der Waals surface area contributed by atoms with E-state index in [1.165, 1.54) is 4.88 Å². The first-order valence-corrected chi connectivity index (χ1v) is 7.51. The molecule has 0 aliphatic rings. The highest BCUT2D eigenvalue weighted by molar-refractivity contribution is 7.10. The third kappa shape index (κ3) is 2.75. The molecule has 4 heteroatoms. The predicted octanol–water partition coefficient (Wildman–Crippen LogP) is 2.42. The van der Waals surface area contributed by atoms with Crippen LogP contribution in [0.4, 0.5) is 0 Å². The van der Waals surface area contributed by atoms with Crippen molar-refractivity contribution in [1.29, 1.82) is 0 Å². The average molecular weight is 294 g/mol. The van der Waals surface area contributed by atoms with Crippen LogP contribution in [0.2, 0.25) is 0 Å². The van der Waals surface area contributed by atoms with Crippen molar-refractivity contribution in [3.8, 4) is 11.8 Å². The van der Waals surface area contributed by atoms with Gasteiger partial charge in [0.1, 0.15) is 0 Å². The van der Waals surface area contributed by atoms with Crippen molar-refractivity contribution in [1.82, 2.24) is 4.57 Å². The van der Waals surface area contributed by atoms with E-state index in [-0.39, 0.29) is 5.43 Å². The van der Waals surface area contributed by atoms with Gasteiger partial charge in [0.05, 0.1) is 18.6 Å². The molecule has 0 aliphatic carbocycles. The fourth-order valence-corrected chi connectivity index (χ4v) is 3.10. The molecule has 0 radical (unpaired) electrons. The van der Waals surface area contributed by atoms with Crippen molar-refractivity contribution in [2.45, 2.75) is 6.54 Å². The van der Waals surface area contributed by atoms with Crippen LogP contribution in [0.3, 0.4) is 0 Å². The Hall–Kier alpha value is -2.35. The quantitative estimate of drug-likeness (QED) is 0.738. The van der Waals surface area contributed by atoms with Gasteiger partial charge in [0, 0.05) is 28.1 Å². The normalized spacial score (nSPS) is 10.3. The molecule has 1 aromatic carbocycles. The van der Waals surface area contributed by atoms with Crippen LogP contribution in [0.15, 0.2) is 52.8 Å². The molecule has 0 saturated carbocycles. The number of fused-ring (bicyclic) bond motifs is 1. The van der Waals surface area contributed by atoms with Crippen molar-refractivity contribution in [2.24, 2.45) is 5.73 Å². The van der Waals surface area contributed by atoms with Gasteiger partial charge in [0.2, 0.25) is 0 Å². The first-order chi connectivity index (χ1) is 10.3. The number of hydrogen-bond acceptors (Lipinski definition) is 3. The van der Waals surface area contributed by atoms with Crippen molar-refractivity contribution in [3.63, 3.8) is 0 Å². The van der Waals surface area contributed by atoms with E-state index in [9.17, 15) is 4.79 Å². The number of aromatic nitrogens is 1. The van der Waals surface area contributed by atoms with E-state index in [0.29, 0.717) is 13.1 Å². The molecule has 0 bridgehead atoms. The number of para-hydroxylation sites is 1. The van der Waals surface area contributed by atoms with Crippen LogP contribution < -0.4 is 11.2 Å². The molecule has 3 rings (SSSR count). The molecule has 0 atom stereocenters. The highest BCUT2D eigenvalue weighted by Crippen LogP contribution is 2.19. The molecular weight excluding hydrogens is 280 g/mol. The van der Waals surface area contributed by atoms with Crippen molar-refractivity contribution >= 4 is 22.2 Å². The van der Waals surface area contributed by atoms with Gasteiger partial charge in [-0.15, -0.1) is 11.3 Å². The third-order valence-corrected chi connectivity index (χ3v) is 4.17. The first-order valence-electron chi connectivity index (χ1n) is 6.63. The Morgan fingerprint density at radius 2 is 2.05 bits per heavy atom. The van der Waals surface area contributed by atoms with Gasteiger partial charge >= 0.3 is 0 Å². The summed E-state index contributed by atoms with van der Waals surface area (Å²) in [5, 5.41) is 2.77. The Balaban J connectivity index is 2.05. The van der Waals surface area contributed by atoms with Crippen LogP contribution in [0.5, 0.6) is 0 Å².